The fourth-order valence-electron chi connectivity index (χ4n) is 2.13. The standard InChI is InChI=1S/C11H22N2O2.ClH/c1-8-4-3-5-9(6-8)13-11(14)10(12)7-15-2;/h8-10H,3-7,12H2,1-2H3,(H,13,14);1H. The molecule has 0 aromatic rings. The molecule has 1 amide bonds. The Balaban J connectivity index is 0.00000225. The van der Waals surface area contributed by atoms with Crippen molar-refractivity contribution in [1.82, 2.24) is 5.32 Å². The van der Waals surface area contributed by atoms with Gasteiger partial charge in [0, 0.05) is 13.2 Å². The fraction of sp³-hybridized carbons (Fsp3) is 0.909. The van der Waals surface area contributed by atoms with Crippen molar-refractivity contribution in [2.75, 3.05) is 13.7 Å². The van der Waals surface area contributed by atoms with Crippen LogP contribution in [0, 0.1) is 5.92 Å². The number of hydrogen-bond donors (Lipinski definition) is 2. The summed E-state index contributed by atoms with van der Waals surface area (Å²) in [6.45, 7) is 2.52. The van der Waals surface area contributed by atoms with E-state index < -0.39 is 6.04 Å². The van der Waals surface area contributed by atoms with Gasteiger partial charge in [-0.15, -0.1) is 12.4 Å². The van der Waals surface area contributed by atoms with E-state index in [1.54, 1.807) is 7.11 Å². The molecule has 16 heavy (non-hydrogen) atoms. The highest BCUT2D eigenvalue weighted by Crippen LogP contribution is 2.23. The monoisotopic (exact) mass is 250 g/mol. The quantitative estimate of drug-likeness (QED) is 0.785. The smallest absolute Gasteiger partial charge is 0.239 e. The van der Waals surface area contributed by atoms with Crippen LogP contribution >= 0.6 is 12.4 Å². The minimum Gasteiger partial charge on any atom is -0.383 e. The third-order valence-corrected chi connectivity index (χ3v) is 2.97. The SMILES string of the molecule is COCC(N)C(=O)NC1CCCC(C)C1.Cl. The van der Waals surface area contributed by atoms with Crippen LogP contribution in [0.4, 0.5) is 0 Å². The van der Waals surface area contributed by atoms with Crippen molar-refractivity contribution >= 4 is 18.3 Å². The number of hydrogen-bond acceptors (Lipinski definition) is 3. The zero-order chi connectivity index (χ0) is 11.3. The van der Waals surface area contributed by atoms with Crippen molar-refractivity contribution in [2.24, 2.45) is 11.7 Å². The largest absolute Gasteiger partial charge is 0.383 e. The number of carbonyl (C=O) groups is 1. The van der Waals surface area contributed by atoms with Crippen molar-refractivity contribution in [3.05, 3.63) is 0 Å². The lowest BCUT2D eigenvalue weighted by Crippen LogP contribution is -2.48. The summed E-state index contributed by atoms with van der Waals surface area (Å²) in [6.07, 6.45) is 4.63. The van der Waals surface area contributed by atoms with E-state index in [0.29, 0.717) is 12.0 Å². The number of ether oxygens (including phenoxy) is 1. The van der Waals surface area contributed by atoms with Crippen LogP contribution in [0.1, 0.15) is 32.6 Å². The molecule has 0 saturated heterocycles. The van der Waals surface area contributed by atoms with Crippen molar-refractivity contribution < 1.29 is 9.53 Å². The van der Waals surface area contributed by atoms with Crippen LogP contribution in [-0.2, 0) is 9.53 Å². The molecule has 0 aromatic carbocycles. The Morgan fingerprint density at radius 2 is 2.25 bits per heavy atom. The lowest BCUT2D eigenvalue weighted by Gasteiger charge is -2.28. The van der Waals surface area contributed by atoms with Gasteiger partial charge in [0.15, 0.2) is 0 Å². The van der Waals surface area contributed by atoms with Crippen LogP contribution in [0.3, 0.4) is 0 Å². The van der Waals surface area contributed by atoms with E-state index in [1.165, 1.54) is 12.8 Å². The average Bonchev–Trinajstić information content (AvgIpc) is 2.18. The normalized spacial score (nSPS) is 26.7. The number of nitrogens with one attached hydrogen (secondary N) is 1. The zero-order valence-electron chi connectivity index (χ0n) is 10.1. The summed E-state index contributed by atoms with van der Waals surface area (Å²) >= 11 is 0. The number of amides is 1. The maximum atomic E-state index is 11.6. The Morgan fingerprint density at radius 3 is 2.81 bits per heavy atom. The summed E-state index contributed by atoms with van der Waals surface area (Å²) in [5.41, 5.74) is 5.64. The molecule has 3 N–H and O–H groups in total. The van der Waals surface area contributed by atoms with E-state index in [9.17, 15) is 4.79 Å². The Morgan fingerprint density at radius 1 is 1.56 bits per heavy atom. The number of halogens is 1. The molecule has 0 spiro atoms. The second kappa shape index (κ2) is 7.87. The van der Waals surface area contributed by atoms with Gasteiger partial charge < -0.3 is 15.8 Å². The molecule has 1 saturated carbocycles. The molecule has 4 nitrogen and oxygen atoms in total. The summed E-state index contributed by atoms with van der Waals surface area (Å²) in [4.78, 5) is 11.6. The van der Waals surface area contributed by atoms with Crippen molar-refractivity contribution in [3.63, 3.8) is 0 Å². The summed E-state index contributed by atoms with van der Waals surface area (Å²) in [5, 5.41) is 2.99. The molecule has 0 heterocycles. The number of nitrogens with two attached hydrogens (primary N) is 1. The van der Waals surface area contributed by atoms with Gasteiger partial charge in [-0.1, -0.05) is 19.8 Å². The molecule has 1 rings (SSSR count). The van der Waals surface area contributed by atoms with Crippen LogP contribution in [0.5, 0.6) is 0 Å². The number of methoxy groups -OCH3 is 1. The fourth-order valence-corrected chi connectivity index (χ4v) is 2.13. The molecule has 5 heteroatoms. The minimum absolute atomic E-state index is 0. The van der Waals surface area contributed by atoms with Crippen LogP contribution in [0.25, 0.3) is 0 Å². The van der Waals surface area contributed by atoms with Gasteiger partial charge in [-0.3, -0.25) is 4.79 Å². The Kier molecular flexibility index (Phi) is 7.72. The zero-order valence-corrected chi connectivity index (χ0v) is 10.9. The van der Waals surface area contributed by atoms with Crippen LogP contribution < -0.4 is 11.1 Å². The average molecular weight is 251 g/mol. The highest BCUT2D eigenvalue weighted by molar-refractivity contribution is 5.85. The Labute approximate surface area is 104 Å². The van der Waals surface area contributed by atoms with Gasteiger partial charge in [-0.25, -0.2) is 0 Å². The van der Waals surface area contributed by atoms with Gasteiger partial charge in [-0.2, -0.15) is 0 Å². The molecule has 0 radical (unpaired) electrons. The van der Waals surface area contributed by atoms with E-state index in [4.69, 9.17) is 10.5 Å². The second-order valence-corrected chi connectivity index (χ2v) is 4.54. The van der Waals surface area contributed by atoms with E-state index in [2.05, 4.69) is 12.2 Å². The van der Waals surface area contributed by atoms with E-state index in [0.717, 1.165) is 12.8 Å². The minimum atomic E-state index is -0.535. The van der Waals surface area contributed by atoms with Crippen LogP contribution in [0.2, 0.25) is 0 Å². The molecular formula is C11H23ClN2O2. The van der Waals surface area contributed by atoms with Crippen LogP contribution in [0.15, 0.2) is 0 Å². The van der Waals surface area contributed by atoms with Gasteiger partial charge in [0.05, 0.1) is 6.61 Å². The van der Waals surface area contributed by atoms with E-state index >= 15 is 0 Å². The lowest BCUT2D eigenvalue weighted by atomic mass is 9.87. The molecule has 0 bridgehead atoms. The van der Waals surface area contributed by atoms with Gasteiger partial charge in [0.25, 0.3) is 0 Å². The maximum Gasteiger partial charge on any atom is 0.239 e. The molecule has 96 valence electrons. The maximum absolute atomic E-state index is 11.6. The first-order valence-electron chi connectivity index (χ1n) is 5.68. The Hall–Kier alpha value is -0.320. The summed E-state index contributed by atoms with van der Waals surface area (Å²) in [6, 6.07) is -0.226. The lowest BCUT2D eigenvalue weighted by molar-refractivity contribution is -0.124. The third kappa shape index (κ3) is 5.14. The predicted octanol–water partition coefficient (Wildman–Crippen LogP) is 1.08. The molecule has 0 aliphatic heterocycles. The molecule has 0 aromatic heterocycles. The molecule has 3 atom stereocenters. The predicted molar refractivity (Wildman–Crippen MR) is 66.7 cm³/mol. The molecule has 1 aliphatic carbocycles. The first kappa shape index (κ1) is 15.7. The van der Waals surface area contributed by atoms with E-state index in [-0.39, 0.29) is 24.9 Å². The third-order valence-electron chi connectivity index (χ3n) is 2.97. The van der Waals surface area contributed by atoms with Crippen molar-refractivity contribution in [1.29, 1.82) is 0 Å². The second-order valence-electron chi connectivity index (χ2n) is 4.54. The molecule has 1 fully saturated rings. The molecule has 1 aliphatic rings. The van der Waals surface area contributed by atoms with Gasteiger partial charge in [0.1, 0.15) is 6.04 Å². The number of carbonyl (C=O) groups excluding carboxylic acids is 1. The topological polar surface area (TPSA) is 64.3 Å². The highest BCUT2D eigenvalue weighted by Gasteiger charge is 2.22. The Bertz CT molecular complexity index is 214. The van der Waals surface area contributed by atoms with Crippen LogP contribution in [-0.4, -0.2) is 31.7 Å². The first-order valence-corrected chi connectivity index (χ1v) is 5.68. The summed E-state index contributed by atoms with van der Waals surface area (Å²) in [5.74, 6) is 0.624. The summed E-state index contributed by atoms with van der Waals surface area (Å²) < 4.78 is 4.85. The van der Waals surface area contributed by atoms with Gasteiger partial charge >= 0.3 is 0 Å². The summed E-state index contributed by atoms with van der Waals surface area (Å²) in [7, 11) is 1.55. The van der Waals surface area contributed by atoms with Crippen molar-refractivity contribution in [3.8, 4) is 0 Å². The highest BCUT2D eigenvalue weighted by atomic mass is 35.5. The molecular weight excluding hydrogens is 228 g/mol. The van der Waals surface area contributed by atoms with Gasteiger partial charge in [0.2, 0.25) is 5.91 Å². The van der Waals surface area contributed by atoms with Gasteiger partial charge in [-0.05, 0) is 18.8 Å². The molecule has 3 unspecified atom stereocenters. The van der Waals surface area contributed by atoms with E-state index in [1.807, 2.05) is 0 Å². The van der Waals surface area contributed by atoms with Crippen molar-refractivity contribution in [2.45, 2.75) is 44.7 Å². The first-order chi connectivity index (χ1) is 7.13. The number of rotatable bonds is 4.